The van der Waals surface area contributed by atoms with Gasteiger partial charge in [-0.05, 0) is 24.1 Å². The number of carbonyl (C=O) groups excluding carboxylic acids is 1. The highest BCUT2D eigenvalue weighted by Crippen LogP contribution is 2.33. The lowest BCUT2D eigenvalue weighted by Crippen LogP contribution is -2.21. The first-order valence-corrected chi connectivity index (χ1v) is 9.10. The van der Waals surface area contributed by atoms with Crippen LogP contribution >= 0.6 is 0 Å². The molecule has 2 heterocycles. The summed E-state index contributed by atoms with van der Waals surface area (Å²) in [5.74, 6) is 0.443. The Labute approximate surface area is 158 Å². The molecular weight excluding hydrogens is 336 g/mol. The van der Waals surface area contributed by atoms with Gasteiger partial charge in [0.25, 0.3) is 0 Å². The highest BCUT2D eigenvalue weighted by atomic mass is 16.1. The van der Waals surface area contributed by atoms with Gasteiger partial charge in [-0.25, -0.2) is 0 Å². The van der Waals surface area contributed by atoms with Crippen molar-refractivity contribution in [3.63, 3.8) is 0 Å². The van der Waals surface area contributed by atoms with Gasteiger partial charge in [0.2, 0.25) is 5.91 Å². The fourth-order valence-electron chi connectivity index (χ4n) is 3.38. The van der Waals surface area contributed by atoms with Gasteiger partial charge in [-0.1, -0.05) is 60.7 Å². The summed E-state index contributed by atoms with van der Waals surface area (Å²) in [6.07, 6.45) is 3.34. The highest BCUT2D eigenvalue weighted by Gasteiger charge is 2.28. The zero-order chi connectivity index (χ0) is 18.6. The largest absolute Gasteiger partial charge is 0.305 e. The van der Waals surface area contributed by atoms with Crippen LogP contribution in [0, 0.1) is 0 Å². The van der Waals surface area contributed by atoms with Crippen LogP contribution in [0.4, 0.5) is 5.82 Å². The lowest BCUT2D eigenvalue weighted by atomic mass is 10.1. The summed E-state index contributed by atoms with van der Waals surface area (Å²) in [6.45, 7) is 3.77. The predicted octanol–water partition coefficient (Wildman–Crippen LogP) is 4.14. The van der Waals surface area contributed by atoms with Crippen LogP contribution in [0.25, 0.3) is 6.08 Å². The Morgan fingerprint density at radius 2 is 1.81 bits per heavy atom. The number of benzene rings is 2. The van der Waals surface area contributed by atoms with Gasteiger partial charge < -0.3 is 5.32 Å². The van der Waals surface area contributed by atoms with E-state index >= 15 is 0 Å². The van der Waals surface area contributed by atoms with Crippen LogP contribution in [-0.4, -0.2) is 21.0 Å². The minimum atomic E-state index is -0.178. The van der Waals surface area contributed by atoms with Gasteiger partial charge in [0.05, 0.1) is 5.69 Å². The summed E-state index contributed by atoms with van der Waals surface area (Å²) in [5.41, 5.74) is 4.41. The smallest absolute Gasteiger partial charge is 0.249 e. The van der Waals surface area contributed by atoms with Crippen LogP contribution in [0.1, 0.15) is 35.3 Å². The van der Waals surface area contributed by atoms with Crippen molar-refractivity contribution in [3.05, 3.63) is 89.1 Å². The lowest BCUT2D eigenvalue weighted by molar-refractivity contribution is -0.111. The van der Waals surface area contributed by atoms with E-state index in [1.807, 2.05) is 36.4 Å². The Morgan fingerprint density at radius 3 is 2.56 bits per heavy atom. The van der Waals surface area contributed by atoms with Crippen molar-refractivity contribution in [1.29, 1.82) is 0 Å². The maximum absolute atomic E-state index is 12.3. The number of hydrogen-bond donors (Lipinski definition) is 2. The van der Waals surface area contributed by atoms with E-state index in [0.717, 1.165) is 29.9 Å². The minimum Gasteiger partial charge on any atom is -0.305 e. The Kier molecular flexibility index (Phi) is 4.85. The number of H-pyrrole nitrogens is 1. The van der Waals surface area contributed by atoms with Gasteiger partial charge in [-0.15, -0.1) is 0 Å². The molecule has 136 valence electrons. The number of carbonyl (C=O) groups is 1. The molecule has 3 aromatic rings. The third-order valence-electron chi connectivity index (χ3n) is 4.97. The molecule has 5 nitrogen and oxygen atoms in total. The number of rotatable bonds is 5. The molecule has 1 aliphatic heterocycles. The fraction of sp³-hybridized carbons (Fsp3) is 0.182. The summed E-state index contributed by atoms with van der Waals surface area (Å²) >= 11 is 0. The molecule has 27 heavy (non-hydrogen) atoms. The third-order valence-corrected chi connectivity index (χ3v) is 4.97. The standard InChI is InChI=1S/C22H22N4O/c1-16(18-10-6-3-7-11-18)26-14-19-20(15-26)24-25-22(19)23-21(27)13-12-17-8-4-2-5-9-17/h2-13,16H,14-15H2,1H3,(H2,23,24,25,27)/b13-12-. The summed E-state index contributed by atoms with van der Waals surface area (Å²) in [6, 6.07) is 20.5. The molecule has 0 spiro atoms. The zero-order valence-corrected chi connectivity index (χ0v) is 15.2. The number of amides is 1. The summed E-state index contributed by atoms with van der Waals surface area (Å²) in [5, 5.41) is 10.3. The molecule has 0 fully saturated rings. The Bertz CT molecular complexity index is 947. The number of hydrogen-bond acceptors (Lipinski definition) is 3. The Hall–Kier alpha value is -3.18. The van der Waals surface area contributed by atoms with Crippen LogP contribution in [0.5, 0.6) is 0 Å². The molecule has 0 aliphatic carbocycles. The minimum absolute atomic E-state index is 0.178. The normalized spacial score (nSPS) is 15.0. The number of nitrogens with zero attached hydrogens (tertiary/aromatic N) is 2. The molecule has 0 radical (unpaired) electrons. The van der Waals surface area contributed by atoms with Crippen LogP contribution in [0.15, 0.2) is 66.7 Å². The molecule has 1 aromatic heterocycles. The maximum Gasteiger partial charge on any atom is 0.249 e. The average Bonchev–Trinajstić information content (AvgIpc) is 3.29. The number of aromatic amines is 1. The quantitative estimate of drug-likeness (QED) is 0.674. The van der Waals surface area contributed by atoms with Crippen LogP contribution in [0.3, 0.4) is 0 Å². The number of nitrogens with one attached hydrogen (secondary N) is 2. The lowest BCUT2D eigenvalue weighted by Gasteiger charge is -2.24. The molecule has 1 amide bonds. The highest BCUT2D eigenvalue weighted by molar-refractivity contribution is 6.01. The van der Waals surface area contributed by atoms with E-state index < -0.39 is 0 Å². The van der Waals surface area contributed by atoms with Gasteiger partial charge in [0.1, 0.15) is 0 Å². The summed E-state index contributed by atoms with van der Waals surface area (Å²) < 4.78 is 0. The first-order valence-electron chi connectivity index (χ1n) is 9.10. The van der Waals surface area contributed by atoms with Crippen molar-refractivity contribution in [2.45, 2.75) is 26.1 Å². The van der Waals surface area contributed by atoms with Crippen molar-refractivity contribution < 1.29 is 4.79 Å². The molecule has 2 aromatic carbocycles. The van der Waals surface area contributed by atoms with E-state index in [-0.39, 0.29) is 5.91 Å². The molecule has 5 heteroatoms. The summed E-state index contributed by atoms with van der Waals surface area (Å²) in [4.78, 5) is 14.6. The molecule has 1 unspecified atom stereocenters. The topological polar surface area (TPSA) is 61.0 Å². The molecular formula is C22H22N4O. The first-order chi connectivity index (χ1) is 13.2. The van der Waals surface area contributed by atoms with Crippen molar-refractivity contribution in [3.8, 4) is 0 Å². The van der Waals surface area contributed by atoms with Gasteiger partial charge in [0, 0.05) is 30.8 Å². The first kappa shape index (κ1) is 17.2. The van der Waals surface area contributed by atoms with Crippen LogP contribution in [-0.2, 0) is 17.9 Å². The van der Waals surface area contributed by atoms with Gasteiger partial charge in [-0.3, -0.25) is 14.8 Å². The second-order valence-corrected chi connectivity index (χ2v) is 6.75. The SMILES string of the molecule is CC(c1ccccc1)N1Cc2[nH]nc(NC(=O)/C=C\c3ccccc3)c2C1. The second kappa shape index (κ2) is 7.60. The maximum atomic E-state index is 12.3. The van der Waals surface area contributed by atoms with E-state index in [0.29, 0.717) is 11.9 Å². The molecule has 0 saturated carbocycles. The van der Waals surface area contributed by atoms with Crippen molar-refractivity contribution in [2.24, 2.45) is 0 Å². The Morgan fingerprint density at radius 1 is 1.11 bits per heavy atom. The molecule has 1 atom stereocenters. The van der Waals surface area contributed by atoms with Crippen LogP contribution < -0.4 is 5.32 Å². The number of fused-ring (bicyclic) bond motifs is 1. The number of anilines is 1. The molecule has 0 bridgehead atoms. The Balaban J connectivity index is 1.42. The van der Waals surface area contributed by atoms with Crippen molar-refractivity contribution in [2.75, 3.05) is 5.32 Å². The van der Waals surface area contributed by atoms with E-state index in [9.17, 15) is 4.79 Å². The average molecular weight is 358 g/mol. The van der Waals surface area contributed by atoms with E-state index in [1.165, 1.54) is 11.6 Å². The second-order valence-electron chi connectivity index (χ2n) is 6.75. The van der Waals surface area contributed by atoms with Gasteiger partial charge in [-0.2, -0.15) is 5.10 Å². The predicted molar refractivity (Wildman–Crippen MR) is 107 cm³/mol. The fourth-order valence-corrected chi connectivity index (χ4v) is 3.38. The van der Waals surface area contributed by atoms with Crippen molar-refractivity contribution >= 4 is 17.8 Å². The molecule has 2 N–H and O–H groups in total. The summed E-state index contributed by atoms with van der Waals surface area (Å²) in [7, 11) is 0. The monoisotopic (exact) mass is 358 g/mol. The molecule has 1 aliphatic rings. The van der Waals surface area contributed by atoms with Gasteiger partial charge >= 0.3 is 0 Å². The molecule has 0 saturated heterocycles. The van der Waals surface area contributed by atoms with Gasteiger partial charge in [0.15, 0.2) is 5.82 Å². The van der Waals surface area contributed by atoms with Crippen LogP contribution in [0.2, 0.25) is 0 Å². The molecule has 4 rings (SSSR count). The zero-order valence-electron chi connectivity index (χ0n) is 15.2. The van der Waals surface area contributed by atoms with E-state index in [4.69, 9.17) is 0 Å². The van der Waals surface area contributed by atoms with E-state index in [1.54, 1.807) is 6.08 Å². The van der Waals surface area contributed by atoms with Crippen molar-refractivity contribution in [1.82, 2.24) is 15.1 Å². The van der Waals surface area contributed by atoms with E-state index in [2.05, 4.69) is 51.6 Å². The third kappa shape index (κ3) is 3.83. The number of aromatic nitrogens is 2.